The molecule has 1 heterocycles. The molecule has 0 spiro atoms. The molecule has 1 aromatic rings. The Bertz CT molecular complexity index is 476. The average molecular weight is 320 g/mol. The normalized spacial score (nSPS) is 10.9. The molecular weight excluding hydrogens is 288 g/mol. The maximum atomic E-state index is 12.9. The molecule has 0 aromatic carbocycles. The summed E-state index contributed by atoms with van der Waals surface area (Å²) in [5.41, 5.74) is 2.08. The Morgan fingerprint density at radius 1 is 0.957 bits per heavy atom. The molecule has 0 unspecified atom stereocenters. The van der Waals surface area contributed by atoms with E-state index in [4.69, 9.17) is 0 Å². The van der Waals surface area contributed by atoms with E-state index in [2.05, 4.69) is 23.7 Å². The summed E-state index contributed by atoms with van der Waals surface area (Å²) in [5.74, 6) is 0.756. The zero-order chi connectivity index (χ0) is 17.4. The molecule has 5 nitrogen and oxygen atoms in total. The summed E-state index contributed by atoms with van der Waals surface area (Å²) in [5, 5.41) is 0. The summed E-state index contributed by atoms with van der Waals surface area (Å²) >= 11 is 0. The molecule has 0 N–H and O–H groups in total. The van der Waals surface area contributed by atoms with Gasteiger partial charge in [-0.1, -0.05) is 13.8 Å². The maximum Gasteiger partial charge on any atom is 0.325 e. The van der Waals surface area contributed by atoms with Crippen molar-refractivity contribution in [1.82, 2.24) is 14.8 Å². The lowest BCUT2D eigenvalue weighted by molar-refractivity contribution is 0.208. The second-order valence-corrected chi connectivity index (χ2v) is 5.78. The van der Waals surface area contributed by atoms with Gasteiger partial charge in [-0.05, 0) is 58.5 Å². The van der Waals surface area contributed by atoms with Gasteiger partial charge < -0.3 is 9.80 Å². The highest BCUT2D eigenvalue weighted by atomic mass is 16.2. The van der Waals surface area contributed by atoms with E-state index in [1.54, 1.807) is 0 Å². The van der Waals surface area contributed by atoms with Crippen LogP contribution < -0.4 is 4.90 Å². The highest BCUT2D eigenvalue weighted by Gasteiger charge is 2.22. The molecule has 0 bridgehead atoms. The van der Waals surface area contributed by atoms with Crippen molar-refractivity contribution in [2.45, 2.75) is 41.5 Å². The largest absolute Gasteiger partial charge is 0.325 e. The van der Waals surface area contributed by atoms with Crippen molar-refractivity contribution in [1.29, 1.82) is 0 Å². The number of anilines is 1. The van der Waals surface area contributed by atoms with Gasteiger partial charge in [0.1, 0.15) is 5.82 Å². The van der Waals surface area contributed by atoms with E-state index < -0.39 is 0 Å². The molecule has 0 saturated heterocycles. The van der Waals surface area contributed by atoms with Crippen LogP contribution in [0.2, 0.25) is 0 Å². The van der Waals surface area contributed by atoms with Gasteiger partial charge in [-0.15, -0.1) is 0 Å². The average Bonchev–Trinajstić information content (AvgIpc) is 2.51. The zero-order valence-corrected chi connectivity index (χ0v) is 15.6. The number of hydrogen-bond donors (Lipinski definition) is 0. The van der Waals surface area contributed by atoms with Crippen LogP contribution in [0.3, 0.4) is 0 Å². The first-order valence-corrected chi connectivity index (χ1v) is 8.70. The van der Waals surface area contributed by atoms with Crippen molar-refractivity contribution in [2.24, 2.45) is 0 Å². The Kier molecular flexibility index (Phi) is 8.03. The SMILES string of the molecule is CCN(CC)CCN(C(=O)N(CC)CC)c1cc(C)cc(C)n1. The summed E-state index contributed by atoms with van der Waals surface area (Å²) in [6, 6.07) is 4.07. The summed E-state index contributed by atoms with van der Waals surface area (Å²) in [6.45, 7) is 17.3. The molecule has 1 rings (SSSR count). The third-order valence-electron chi connectivity index (χ3n) is 4.16. The van der Waals surface area contributed by atoms with Gasteiger partial charge in [0, 0.05) is 31.9 Å². The van der Waals surface area contributed by atoms with E-state index in [0.29, 0.717) is 19.6 Å². The van der Waals surface area contributed by atoms with Crippen LogP contribution in [0, 0.1) is 13.8 Å². The van der Waals surface area contributed by atoms with Crippen LogP contribution >= 0.6 is 0 Å². The lowest BCUT2D eigenvalue weighted by Crippen LogP contribution is -2.46. The first-order valence-electron chi connectivity index (χ1n) is 8.70. The van der Waals surface area contributed by atoms with Gasteiger partial charge in [-0.2, -0.15) is 0 Å². The van der Waals surface area contributed by atoms with Gasteiger partial charge in [0.15, 0.2) is 0 Å². The monoisotopic (exact) mass is 320 g/mol. The predicted octanol–water partition coefficient (Wildman–Crippen LogP) is 3.31. The van der Waals surface area contributed by atoms with Crippen molar-refractivity contribution in [3.8, 4) is 0 Å². The molecular formula is C18H32N4O. The van der Waals surface area contributed by atoms with Crippen molar-refractivity contribution in [2.75, 3.05) is 44.2 Å². The quantitative estimate of drug-likeness (QED) is 0.738. The summed E-state index contributed by atoms with van der Waals surface area (Å²) in [7, 11) is 0. The Morgan fingerprint density at radius 3 is 2.04 bits per heavy atom. The fraction of sp³-hybridized carbons (Fsp3) is 0.667. The molecule has 0 atom stereocenters. The number of nitrogens with zero attached hydrogens (tertiary/aromatic N) is 4. The number of carbonyl (C=O) groups is 1. The van der Waals surface area contributed by atoms with Crippen molar-refractivity contribution < 1.29 is 4.79 Å². The van der Waals surface area contributed by atoms with E-state index in [0.717, 1.165) is 36.7 Å². The summed E-state index contributed by atoms with van der Waals surface area (Å²) < 4.78 is 0. The minimum atomic E-state index is 0.0413. The smallest absolute Gasteiger partial charge is 0.325 e. The minimum Gasteiger partial charge on any atom is -0.325 e. The third kappa shape index (κ3) is 5.50. The van der Waals surface area contributed by atoms with Crippen LogP contribution in [0.1, 0.15) is 39.0 Å². The molecule has 0 aliphatic rings. The van der Waals surface area contributed by atoms with Crippen molar-refractivity contribution in [3.63, 3.8) is 0 Å². The van der Waals surface area contributed by atoms with Gasteiger partial charge in [-0.25, -0.2) is 9.78 Å². The molecule has 0 aliphatic carbocycles. The van der Waals surface area contributed by atoms with E-state index in [1.807, 2.05) is 49.6 Å². The maximum absolute atomic E-state index is 12.9. The molecule has 0 fully saturated rings. The van der Waals surface area contributed by atoms with Gasteiger partial charge in [0.2, 0.25) is 0 Å². The second-order valence-electron chi connectivity index (χ2n) is 5.78. The van der Waals surface area contributed by atoms with Crippen molar-refractivity contribution >= 4 is 11.8 Å². The highest BCUT2D eigenvalue weighted by Crippen LogP contribution is 2.16. The second kappa shape index (κ2) is 9.50. The minimum absolute atomic E-state index is 0.0413. The van der Waals surface area contributed by atoms with Crippen molar-refractivity contribution in [3.05, 3.63) is 23.4 Å². The zero-order valence-electron chi connectivity index (χ0n) is 15.6. The molecule has 0 radical (unpaired) electrons. The fourth-order valence-electron chi connectivity index (χ4n) is 2.71. The lowest BCUT2D eigenvalue weighted by Gasteiger charge is -2.30. The van der Waals surface area contributed by atoms with Crippen LogP contribution in [0.25, 0.3) is 0 Å². The highest BCUT2D eigenvalue weighted by molar-refractivity contribution is 5.91. The number of pyridine rings is 1. The van der Waals surface area contributed by atoms with E-state index in [1.165, 1.54) is 0 Å². The predicted molar refractivity (Wildman–Crippen MR) is 97.2 cm³/mol. The number of rotatable bonds is 8. The van der Waals surface area contributed by atoms with Gasteiger partial charge >= 0.3 is 6.03 Å². The van der Waals surface area contributed by atoms with Crippen LogP contribution in [0.5, 0.6) is 0 Å². The molecule has 130 valence electrons. The number of hydrogen-bond acceptors (Lipinski definition) is 3. The van der Waals surface area contributed by atoms with E-state index in [9.17, 15) is 4.79 Å². The van der Waals surface area contributed by atoms with Crippen LogP contribution in [-0.2, 0) is 0 Å². The molecule has 5 heteroatoms. The molecule has 0 aliphatic heterocycles. The van der Waals surface area contributed by atoms with Gasteiger partial charge in [0.05, 0.1) is 0 Å². The Hall–Kier alpha value is -1.62. The third-order valence-corrected chi connectivity index (χ3v) is 4.16. The number of urea groups is 1. The first kappa shape index (κ1) is 19.4. The van der Waals surface area contributed by atoms with Gasteiger partial charge in [0.25, 0.3) is 0 Å². The Balaban J connectivity index is 3.06. The fourth-order valence-corrected chi connectivity index (χ4v) is 2.71. The molecule has 0 saturated carbocycles. The van der Waals surface area contributed by atoms with E-state index >= 15 is 0 Å². The Morgan fingerprint density at radius 2 is 1.57 bits per heavy atom. The molecule has 23 heavy (non-hydrogen) atoms. The van der Waals surface area contributed by atoms with Crippen LogP contribution in [0.4, 0.5) is 10.6 Å². The summed E-state index contributed by atoms with van der Waals surface area (Å²) in [6.07, 6.45) is 0. The number of aromatic nitrogens is 1. The van der Waals surface area contributed by atoms with Gasteiger partial charge in [-0.3, -0.25) is 4.90 Å². The summed E-state index contributed by atoms with van der Waals surface area (Å²) in [4.78, 5) is 23.5. The van der Waals surface area contributed by atoms with E-state index in [-0.39, 0.29) is 6.03 Å². The first-order chi connectivity index (χ1) is 11.0. The van der Waals surface area contributed by atoms with Crippen LogP contribution in [-0.4, -0.2) is 60.1 Å². The molecule has 2 amide bonds. The number of aryl methyl sites for hydroxylation is 2. The van der Waals surface area contributed by atoms with Crippen LogP contribution in [0.15, 0.2) is 12.1 Å². The topological polar surface area (TPSA) is 39.7 Å². The Labute approximate surface area is 141 Å². The standard InChI is InChI=1S/C18H32N4O/c1-7-20(8-2)11-12-22(18(23)21(9-3)10-4)17-14-15(5)13-16(6)19-17/h13-14H,7-12H2,1-6H3. The molecule has 1 aromatic heterocycles. The number of amides is 2. The number of carbonyl (C=O) groups excluding carboxylic acids is 1. The number of likely N-dealkylation sites (N-methyl/N-ethyl adjacent to an activating group) is 1. The lowest BCUT2D eigenvalue weighted by atomic mass is 10.2.